The zero-order valence-electron chi connectivity index (χ0n) is 16.3. The van der Waals surface area contributed by atoms with Gasteiger partial charge in [-0.25, -0.2) is 0 Å². The molecular weight excluding hydrogens is 390 g/mol. The Morgan fingerprint density at radius 3 is 2.76 bits per heavy atom. The number of halogens is 1. The molecule has 0 bridgehead atoms. The fourth-order valence-electron chi connectivity index (χ4n) is 3.02. The number of hydrogen-bond donors (Lipinski definition) is 1. The molecule has 0 saturated heterocycles. The summed E-state index contributed by atoms with van der Waals surface area (Å²) in [4.78, 5) is 12.6. The summed E-state index contributed by atoms with van der Waals surface area (Å²) in [5.74, 6) is 0.825. The number of carbonyl (C=O) groups excluding carboxylic acids is 1. The van der Waals surface area contributed by atoms with Gasteiger partial charge >= 0.3 is 0 Å². The molecule has 2 aromatic heterocycles. The molecule has 1 aromatic carbocycles. The van der Waals surface area contributed by atoms with Gasteiger partial charge in [0.05, 0.1) is 24.9 Å². The van der Waals surface area contributed by atoms with Gasteiger partial charge in [-0.1, -0.05) is 11.6 Å². The highest BCUT2D eigenvalue weighted by atomic mass is 35.5. The first kappa shape index (κ1) is 20.3. The predicted molar refractivity (Wildman–Crippen MR) is 112 cm³/mol. The number of aromatic nitrogens is 1. The van der Waals surface area contributed by atoms with Gasteiger partial charge in [0, 0.05) is 17.1 Å². The quantitative estimate of drug-likeness (QED) is 0.461. The minimum absolute atomic E-state index is 0.00445. The van der Waals surface area contributed by atoms with E-state index in [1.165, 1.54) is 7.11 Å². The number of benzene rings is 1. The van der Waals surface area contributed by atoms with Gasteiger partial charge in [-0.15, -0.1) is 0 Å². The summed E-state index contributed by atoms with van der Waals surface area (Å²) in [6, 6.07) is 12.5. The van der Waals surface area contributed by atoms with Crippen molar-refractivity contribution in [2.45, 2.75) is 20.4 Å². The van der Waals surface area contributed by atoms with Crippen LogP contribution in [0.5, 0.6) is 5.75 Å². The van der Waals surface area contributed by atoms with Crippen molar-refractivity contribution in [2.24, 2.45) is 0 Å². The molecule has 148 valence electrons. The van der Waals surface area contributed by atoms with E-state index in [4.69, 9.17) is 20.8 Å². The second-order valence-electron chi connectivity index (χ2n) is 6.47. The van der Waals surface area contributed by atoms with Crippen LogP contribution in [0, 0.1) is 25.2 Å². The number of carbonyl (C=O) groups is 1. The maximum Gasteiger partial charge on any atom is 0.266 e. The van der Waals surface area contributed by atoms with Crippen LogP contribution in [-0.4, -0.2) is 17.6 Å². The van der Waals surface area contributed by atoms with Crippen molar-refractivity contribution in [2.75, 3.05) is 12.4 Å². The lowest BCUT2D eigenvalue weighted by Crippen LogP contribution is -2.13. The Morgan fingerprint density at radius 2 is 2.14 bits per heavy atom. The molecule has 1 N–H and O–H groups in total. The lowest BCUT2D eigenvalue weighted by Gasteiger charge is -2.08. The molecule has 7 heteroatoms. The van der Waals surface area contributed by atoms with Crippen LogP contribution in [0.2, 0.25) is 5.02 Å². The van der Waals surface area contributed by atoms with Gasteiger partial charge in [0.2, 0.25) is 0 Å². The molecule has 0 aliphatic carbocycles. The highest BCUT2D eigenvalue weighted by Crippen LogP contribution is 2.27. The van der Waals surface area contributed by atoms with Crippen molar-refractivity contribution in [3.05, 3.63) is 76.0 Å². The highest BCUT2D eigenvalue weighted by molar-refractivity contribution is 6.32. The van der Waals surface area contributed by atoms with Crippen molar-refractivity contribution in [1.82, 2.24) is 4.57 Å². The average molecular weight is 410 g/mol. The molecule has 0 aliphatic heterocycles. The Bertz CT molecular complexity index is 1110. The lowest BCUT2D eigenvalue weighted by molar-refractivity contribution is -0.112. The van der Waals surface area contributed by atoms with Crippen molar-refractivity contribution in [1.29, 1.82) is 5.26 Å². The minimum atomic E-state index is -0.510. The Kier molecular flexibility index (Phi) is 6.10. The van der Waals surface area contributed by atoms with Crippen molar-refractivity contribution < 1.29 is 13.9 Å². The molecule has 0 spiro atoms. The zero-order valence-corrected chi connectivity index (χ0v) is 17.1. The van der Waals surface area contributed by atoms with Crippen LogP contribution in [0.1, 0.15) is 22.7 Å². The molecule has 0 fully saturated rings. The molecule has 0 unspecified atom stereocenters. The second kappa shape index (κ2) is 8.72. The van der Waals surface area contributed by atoms with Crippen molar-refractivity contribution in [3.8, 4) is 11.8 Å². The smallest absolute Gasteiger partial charge is 0.266 e. The number of rotatable bonds is 6. The molecule has 2 heterocycles. The third-order valence-corrected chi connectivity index (χ3v) is 4.88. The maximum absolute atomic E-state index is 12.6. The van der Waals surface area contributed by atoms with E-state index in [2.05, 4.69) is 9.88 Å². The standard InChI is InChI=1S/C22H20ClN3O3/c1-14-9-16(15(2)26(14)13-19-5-4-8-29-19)10-17(12-24)22(27)25-18-6-7-21(28-3)20(23)11-18/h4-11H,13H2,1-3H3,(H,25,27)/b17-10+. The molecule has 6 nitrogen and oxygen atoms in total. The Balaban J connectivity index is 1.83. The van der Waals surface area contributed by atoms with Crippen LogP contribution in [0.15, 0.2) is 52.7 Å². The lowest BCUT2D eigenvalue weighted by atomic mass is 10.1. The molecule has 0 saturated carbocycles. The molecule has 1 amide bonds. The van der Waals surface area contributed by atoms with Gasteiger partial charge in [0.1, 0.15) is 23.2 Å². The van der Waals surface area contributed by atoms with Crippen LogP contribution < -0.4 is 10.1 Å². The van der Waals surface area contributed by atoms with Gasteiger partial charge in [-0.3, -0.25) is 4.79 Å². The largest absolute Gasteiger partial charge is 0.495 e. The number of furan rings is 1. The zero-order chi connectivity index (χ0) is 21.0. The number of amides is 1. The Labute approximate surface area is 174 Å². The van der Waals surface area contributed by atoms with E-state index >= 15 is 0 Å². The summed E-state index contributed by atoms with van der Waals surface area (Å²) in [5, 5.41) is 12.6. The first-order valence-electron chi connectivity index (χ1n) is 8.88. The van der Waals surface area contributed by atoms with E-state index in [1.54, 1.807) is 30.5 Å². The predicted octanol–water partition coefficient (Wildman–Crippen LogP) is 4.95. The summed E-state index contributed by atoms with van der Waals surface area (Å²) >= 11 is 6.09. The van der Waals surface area contributed by atoms with Gasteiger partial charge in [-0.2, -0.15) is 5.26 Å². The fourth-order valence-corrected chi connectivity index (χ4v) is 3.28. The Hall–Kier alpha value is -3.43. The second-order valence-corrected chi connectivity index (χ2v) is 6.87. The first-order valence-corrected chi connectivity index (χ1v) is 9.26. The summed E-state index contributed by atoms with van der Waals surface area (Å²) in [6.45, 7) is 4.49. The van der Waals surface area contributed by atoms with Crippen molar-refractivity contribution >= 4 is 29.3 Å². The van der Waals surface area contributed by atoms with Crippen LogP contribution in [0.4, 0.5) is 5.69 Å². The van der Waals surface area contributed by atoms with E-state index in [0.717, 1.165) is 22.7 Å². The number of nitriles is 1. The first-order chi connectivity index (χ1) is 13.9. The minimum Gasteiger partial charge on any atom is -0.495 e. The number of nitrogens with zero attached hydrogens (tertiary/aromatic N) is 2. The third-order valence-electron chi connectivity index (χ3n) is 4.58. The van der Waals surface area contributed by atoms with E-state index in [9.17, 15) is 10.1 Å². The van der Waals surface area contributed by atoms with E-state index in [1.807, 2.05) is 38.1 Å². The van der Waals surface area contributed by atoms with Gasteiger partial charge in [0.15, 0.2) is 0 Å². The molecular formula is C22H20ClN3O3. The average Bonchev–Trinajstić information content (AvgIpc) is 3.30. The van der Waals surface area contributed by atoms with Crippen LogP contribution in [0.3, 0.4) is 0 Å². The number of methoxy groups -OCH3 is 1. The monoisotopic (exact) mass is 409 g/mol. The SMILES string of the molecule is COc1ccc(NC(=O)/C(C#N)=C/c2cc(C)n(Cc3ccco3)c2C)cc1Cl. The van der Waals surface area contributed by atoms with E-state index < -0.39 is 5.91 Å². The number of anilines is 1. The van der Waals surface area contributed by atoms with Crippen LogP contribution in [-0.2, 0) is 11.3 Å². The highest BCUT2D eigenvalue weighted by Gasteiger charge is 2.14. The molecule has 0 atom stereocenters. The third kappa shape index (κ3) is 4.53. The summed E-state index contributed by atoms with van der Waals surface area (Å²) < 4.78 is 12.6. The molecule has 29 heavy (non-hydrogen) atoms. The molecule has 3 aromatic rings. The normalized spacial score (nSPS) is 11.2. The Morgan fingerprint density at radius 1 is 1.34 bits per heavy atom. The topological polar surface area (TPSA) is 80.2 Å². The summed E-state index contributed by atoms with van der Waals surface area (Å²) in [6.07, 6.45) is 3.22. The number of nitrogens with one attached hydrogen (secondary N) is 1. The fraction of sp³-hybridized carbons (Fsp3) is 0.182. The van der Waals surface area contributed by atoms with Gasteiger partial charge < -0.3 is 19.0 Å². The summed E-state index contributed by atoms with van der Waals surface area (Å²) in [5.41, 5.74) is 3.21. The van der Waals surface area contributed by atoms with Gasteiger partial charge in [0.25, 0.3) is 5.91 Å². The number of aryl methyl sites for hydroxylation is 1. The van der Waals surface area contributed by atoms with Gasteiger partial charge in [-0.05, 0) is 61.9 Å². The number of hydrogen-bond acceptors (Lipinski definition) is 4. The van der Waals surface area contributed by atoms with Crippen molar-refractivity contribution in [3.63, 3.8) is 0 Å². The van der Waals surface area contributed by atoms with Crippen LogP contribution >= 0.6 is 11.6 Å². The van der Waals surface area contributed by atoms with Crippen LogP contribution in [0.25, 0.3) is 6.08 Å². The molecule has 0 radical (unpaired) electrons. The number of ether oxygens (including phenoxy) is 1. The van der Waals surface area contributed by atoms with E-state index in [-0.39, 0.29) is 5.57 Å². The maximum atomic E-state index is 12.6. The molecule has 3 rings (SSSR count). The van der Waals surface area contributed by atoms with E-state index in [0.29, 0.717) is 23.0 Å². The summed E-state index contributed by atoms with van der Waals surface area (Å²) in [7, 11) is 1.51. The molecule has 0 aliphatic rings.